The fraction of sp³-hybridized carbons (Fsp3) is 0.696. The third-order valence-electron chi connectivity index (χ3n) is 6.91. The molecular weight excluding hydrogens is 336 g/mol. The summed E-state index contributed by atoms with van der Waals surface area (Å²) in [4.78, 5) is 17.4. The van der Waals surface area contributed by atoms with Gasteiger partial charge in [-0.15, -0.1) is 0 Å². The fourth-order valence-electron chi connectivity index (χ4n) is 5.16. The number of esters is 1. The van der Waals surface area contributed by atoms with Gasteiger partial charge < -0.3 is 9.64 Å². The first-order valence-corrected chi connectivity index (χ1v) is 10.9. The molecule has 1 spiro atoms. The number of aryl methyl sites for hydroxylation is 1. The monoisotopic (exact) mass is 370 g/mol. The summed E-state index contributed by atoms with van der Waals surface area (Å²) in [6.45, 7) is 7.72. The van der Waals surface area contributed by atoms with Gasteiger partial charge in [-0.05, 0) is 51.3 Å². The number of anilines is 1. The summed E-state index contributed by atoms with van der Waals surface area (Å²) in [5, 5.41) is 0. The largest absolute Gasteiger partial charge is 0.462 e. The van der Waals surface area contributed by atoms with Crippen LogP contribution in [0, 0.1) is 12.3 Å². The summed E-state index contributed by atoms with van der Waals surface area (Å²) in [6.07, 6.45) is 9.13. The number of cyclic esters (lactones) is 1. The molecule has 1 aromatic rings. The Morgan fingerprint density at radius 3 is 2.44 bits per heavy atom. The van der Waals surface area contributed by atoms with Crippen LogP contribution in [0.5, 0.6) is 0 Å². The standard InChI is InChI=1S/C23H34N2O2/c1-19-7-9-20(10-8-19)25-16-14-24(15-17-25)13-5-6-21-18-23(22(26)27-21)11-3-2-4-12-23/h7-10,21H,2-6,11-18H2,1H3. The van der Waals surface area contributed by atoms with E-state index in [0.717, 1.165) is 64.8 Å². The highest BCUT2D eigenvalue weighted by molar-refractivity contribution is 5.79. The van der Waals surface area contributed by atoms with E-state index in [1.54, 1.807) is 0 Å². The molecule has 1 aliphatic carbocycles. The average molecular weight is 371 g/mol. The van der Waals surface area contributed by atoms with Gasteiger partial charge in [0.1, 0.15) is 6.10 Å². The highest BCUT2D eigenvalue weighted by Crippen LogP contribution is 2.46. The number of benzene rings is 1. The molecule has 2 saturated heterocycles. The Hall–Kier alpha value is -1.55. The second kappa shape index (κ2) is 8.22. The van der Waals surface area contributed by atoms with Gasteiger partial charge in [-0.1, -0.05) is 37.0 Å². The van der Waals surface area contributed by atoms with Crippen LogP contribution in [0.25, 0.3) is 0 Å². The maximum atomic E-state index is 12.4. The third-order valence-corrected chi connectivity index (χ3v) is 6.91. The molecule has 1 aromatic carbocycles. The molecule has 0 bridgehead atoms. The maximum Gasteiger partial charge on any atom is 0.312 e. The Kier molecular flexibility index (Phi) is 5.72. The molecule has 148 valence electrons. The second-order valence-electron chi connectivity index (χ2n) is 8.88. The van der Waals surface area contributed by atoms with Gasteiger partial charge in [0.25, 0.3) is 0 Å². The smallest absolute Gasteiger partial charge is 0.312 e. The van der Waals surface area contributed by atoms with E-state index in [0.29, 0.717) is 0 Å². The number of hydrogen-bond acceptors (Lipinski definition) is 4. The van der Waals surface area contributed by atoms with Crippen molar-refractivity contribution >= 4 is 11.7 Å². The van der Waals surface area contributed by atoms with Gasteiger partial charge in [0.15, 0.2) is 0 Å². The average Bonchev–Trinajstić information content (AvgIpc) is 2.98. The zero-order valence-corrected chi connectivity index (χ0v) is 16.8. The quantitative estimate of drug-likeness (QED) is 0.729. The summed E-state index contributed by atoms with van der Waals surface area (Å²) in [7, 11) is 0. The highest BCUT2D eigenvalue weighted by atomic mass is 16.6. The van der Waals surface area contributed by atoms with Crippen LogP contribution in [0.2, 0.25) is 0 Å². The number of carbonyl (C=O) groups excluding carboxylic acids is 1. The molecule has 0 N–H and O–H groups in total. The predicted molar refractivity (Wildman–Crippen MR) is 109 cm³/mol. The number of carbonyl (C=O) groups is 1. The molecule has 4 rings (SSSR count). The number of nitrogens with zero attached hydrogens (tertiary/aromatic N) is 2. The van der Waals surface area contributed by atoms with E-state index in [9.17, 15) is 4.79 Å². The Morgan fingerprint density at radius 1 is 1.04 bits per heavy atom. The number of ether oxygens (including phenoxy) is 1. The molecule has 2 aliphatic heterocycles. The van der Waals surface area contributed by atoms with Crippen molar-refractivity contribution in [3.63, 3.8) is 0 Å². The van der Waals surface area contributed by atoms with Crippen LogP contribution in [-0.4, -0.2) is 49.7 Å². The molecule has 1 saturated carbocycles. The normalized spacial score (nSPS) is 25.7. The molecule has 27 heavy (non-hydrogen) atoms. The number of piperazine rings is 1. The Bertz CT molecular complexity index is 628. The molecule has 1 atom stereocenters. The van der Waals surface area contributed by atoms with Crippen molar-refractivity contribution in [1.29, 1.82) is 0 Å². The van der Waals surface area contributed by atoms with Crippen molar-refractivity contribution in [3.8, 4) is 0 Å². The lowest BCUT2D eigenvalue weighted by Crippen LogP contribution is -2.46. The highest BCUT2D eigenvalue weighted by Gasteiger charge is 2.48. The number of rotatable bonds is 5. The number of hydrogen-bond donors (Lipinski definition) is 0. The molecule has 3 fully saturated rings. The zero-order valence-electron chi connectivity index (χ0n) is 16.8. The van der Waals surface area contributed by atoms with E-state index in [1.807, 2.05) is 0 Å². The first-order valence-electron chi connectivity index (χ1n) is 10.9. The predicted octanol–water partition coefficient (Wildman–Crippen LogP) is 4.16. The lowest BCUT2D eigenvalue weighted by molar-refractivity contribution is -0.150. The summed E-state index contributed by atoms with van der Waals surface area (Å²) < 4.78 is 5.76. The fourth-order valence-corrected chi connectivity index (χ4v) is 5.16. The van der Waals surface area contributed by atoms with E-state index in [1.165, 1.54) is 30.5 Å². The SMILES string of the molecule is Cc1ccc(N2CCN(CCCC3CC4(CCCCC4)C(=O)O3)CC2)cc1. The van der Waals surface area contributed by atoms with E-state index in [2.05, 4.69) is 41.0 Å². The van der Waals surface area contributed by atoms with Gasteiger partial charge in [-0.25, -0.2) is 0 Å². The van der Waals surface area contributed by atoms with Crippen molar-refractivity contribution in [1.82, 2.24) is 4.90 Å². The summed E-state index contributed by atoms with van der Waals surface area (Å²) in [5.41, 5.74) is 2.55. The molecule has 3 aliphatic rings. The van der Waals surface area contributed by atoms with Gasteiger partial charge in [-0.2, -0.15) is 0 Å². The molecule has 0 radical (unpaired) electrons. The molecule has 4 nitrogen and oxygen atoms in total. The van der Waals surface area contributed by atoms with Crippen LogP contribution in [0.4, 0.5) is 5.69 Å². The van der Waals surface area contributed by atoms with Gasteiger partial charge in [0.05, 0.1) is 5.41 Å². The summed E-state index contributed by atoms with van der Waals surface area (Å²) >= 11 is 0. The van der Waals surface area contributed by atoms with E-state index in [4.69, 9.17) is 4.74 Å². The Balaban J connectivity index is 1.18. The molecule has 0 amide bonds. The zero-order chi connectivity index (χ0) is 18.7. The first kappa shape index (κ1) is 18.8. The summed E-state index contributed by atoms with van der Waals surface area (Å²) in [5.74, 6) is 0.110. The van der Waals surface area contributed by atoms with Gasteiger partial charge in [0, 0.05) is 38.3 Å². The van der Waals surface area contributed by atoms with Gasteiger partial charge in [0.2, 0.25) is 0 Å². The third kappa shape index (κ3) is 4.31. The van der Waals surface area contributed by atoms with Crippen LogP contribution < -0.4 is 4.90 Å². The lowest BCUT2D eigenvalue weighted by Gasteiger charge is -2.36. The lowest BCUT2D eigenvalue weighted by atomic mass is 9.72. The maximum absolute atomic E-state index is 12.4. The first-order chi connectivity index (χ1) is 13.1. The van der Waals surface area contributed by atoms with E-state index in [-0.39, 0.29) is 17.5 Å². The molecule has 2 heterocycles. The molecular formula is C23H34N2O2. The Labute approximate surface area is 163 Å². The van der Waals surface area contributed by atoms with Crippen molar-refractivity contribution in [2.24, 2.45) is 5.41 Å². The molecule has 0 aromatic heterocycles. The second-order valence-corrected chi connectivity index (χ2v) is 8.88. The minimum absolute atomic E-state index is 0.109. The van der Waals surface area contributed by atoms with E-state index < -0.39 is 0 Å². The van der Waals surface area contributed by atoms with Crippen LogP contribution in [0.15, 0.2) is 24.3 Å². The van der Waals surface area contributed by atoms with Gasteiger partial charge >= 0.3 is 5.97 Å². The van der Waals surface area contributed by atoms with Crippen LogP contribution >= 0.6 is 0 Å². The topological polar surface area (TPSA) is 32.8 Å². The van der Waals surface area contributed by atoms with Crippen LogP contribution in [-0.2, 0) is 9.53 Å². The van der Waals surface area contributed by atoms with Crippen LogP contribution in [0.1, 0.15) is 56.9 Å². The summed E-state index contributed by atoms with van der Waals surface area (Å²) in [6, 6.07) is 8.87. The minimum atomic E-state index is -0.109. The minimum Gasteiger partial charge on any atom is -0.462 e. The van der Waals surface area contributed by atoms with Gasteiger partial charge in [-0.3, -0.25) is 9.69 Å². The molecule has 1 unspecified atom stereocenters. The van der Waals surface area contributed by atoms with Crippen molar-refractivity contribution in [2.75, 3.05) is 37.6 Å². The van der Waals surface area contributed by atoms with Crippen molar-refractivity contribution in [3.05, 3.63) is 29.8 Å². The van der Waals surface area contributed by atoms with Crippen molar-refractivity contribution < 1.29 is 9.53 Å². The van der Waals surface area contributed by atoms with Crippen molar-refractivity contribution in [2.45, 2.75) is 64.4 Å². The molecule has 4 heteroatoms. The van der Waals surface area contributed by atoms with E-state index >= 15 is 0 Å². The van der Waals surface area contributed by atoms with Crippen LogP contribution in [0.3, 0.4) is 0 Å². The Morgan fingerprint density at radius 2 is 1.74 bits per heavy atom.